The maximum atomic E-state index is 13.2. The lowest BCUT2D eigenvalue weighted by Gasteiger charge is -2.22. The SMILES string of the molecule is CCOc1ccc2[nH]c(=O)c(CN(CCCO)C(=O)c3ccc(F)cc3)cc2c1. The molecule has 0 bridgehead atoms. The van der Waals surface area contributed by atoms with E-state index in [9.17, 15) is 19.1 Å². The molecular weight excluding hydrogens is 375 g/mol. The third-order valence-corrected chi connectivity index (χ3v) is 4.53. The zero-order valence-corrected chi connectivity index (χ0v) is 16.2. The van der Waals surface area contributed by atoms with E-state index in [4.69, 9.17) is 4.74 Å². The number of aromatic amines is 1. The third kappa shape index (κ3) is 5.00. The van der Waals surface area contributed by atoms with Crippen molar-refractivity contribution < 1.29 is 19.0 Å². The minimum atomic E-state index is -0.431. The molecule has 3 aromatic rings. The van der Waals surface area contributed by atoms with Gasteiger partial charge in [0, 0.05) is 35.2 Å². The number of nitrogens with zero attached hydrogens (tertiary/aromatic N) is 1. The fraction of sp³-hybridized carbons (Fsp3) is 0.273. The molecule has 1 amide bonds. The maximum absolute atomic E-state index is 13.2. The van der Waals surface area contributed by atoms with Crippen LogP contribution in [0.5, 0.6) is 5.75 Å². The van der Waals surface area contributed by atoms with Crippen molar-refractivity contribution in [2.75, 3.05) is 19.8 Å². The minimum Gasteiger partial charge on any atom is -0.494 e. The lowest BCUT2D eigenvalue weighted by Crippen LogP contribution is -2.34. The van der Waals surface area contributed by atoms with E-state index < -0.39 is 5.82 Å². The van der Waals surface area contributed by atoms with Gasteiger partial charge >= 0.3 is 0 Å². The summed E-state index contributed by atoms with van der Waals surface area (Å²) >= 11 is 0. The van der Waals surface area contributed by atoms with Crippen LogP contribution >= 0.6 is 0 Å². The van der Waals surface area contributed by atoms with Crippen molar-refractivity contribution in [2.45, 2.75) is 19.9 Å². The number of hydrogen-bond acceptors (Lipinski definition) is 4. The Kier molecular flexibility index (Phi) is 6.61. The Bertz CT molecular complexity index is 1050. The Hall–Kier alpha value is -3.19. The Morgan fingerprint density at radius 1 is 1.17 bits per heavy atom. The Morgan fingerprint density at radius 2 is 1.93 bits per heavy atom. The normalized spacial score (nSPS) is 10.9. The van der Waals surface area contributed by atoms with Crippen LogP contribution in [0.1, 0.15) is 29.3 Å². The summed E-state index contributed by atoms with van der Waals surface area (Å²) in [5, 5.41) is 9.97. The van der Waals surface area contributed by atoms with E-state index in [1.807, 2.05) is 13.0 Å². The fourth-order valence-electron chi connectivity index (χ4n) is 3.10. The molecule has 0 radical (unpaired) electrons. The number of nitrogens with one attached hydrogen (secondary N) is 1. The van der Waals surface area contributed by atoms with E-state index in [-0.39, 0.29) is 31.2 Å². The van der Waals surface area contributed by atoms with E-state index in [2.05, 4.69) is 4.98 Å². The van der Waals surface area contributed by atoms with E-state index in [1.54, 1.807) is 18.2 Å². The number of benzene rings is 2. The van der Waals surface area contributed by atoms with Crippen LogP contribution in [0, 0.1) is 5.82 Å². The number of pyridine rings is 1. The number of aliphatic hydroxyl groups is 1. The molecule has 152 valence electrons. The van der Waals surface area contributed by atoms with Crippen LogP contribution in [0.25, 0.3) is 10.9 Å². The van der Waals surface area contributed by atoms with Gasteiger partial charge in [-0.2, -0.15) is 0 Å². The van der Waals surface area contributed by atoms with Crippen LogP contribution in [0.15, 0.2) is 53.3 Å². The fourth-order valence-corrected chi connectivity index (χ4v) is 3.10. The molecule has 0 aliphatic rings. The van der Waals surface area contributed by atoms with Crippen molar-refractivity contribution in [3.63, 3.8) is 0 Å². The van der Waals surface area contributed by atoms with Gasteiger partial charge in [-0.15, -0.1) is 0 Å². The smallest absolute Gasteiger partial charge is 0.254 e. The molecule has 0 spiro atoms. The van der Waals surface area contributed by atoms with Gasteiger partial charge in [-0.05, 0) is 61.9 Å². The summed E-state index contributed by atoms with van der Waals surface area (Å²) in [5.41, 5.74) is 1.12. The number of fused-ring (bicyclic) bond motifs is 1. The van der Waals surface area contributed by atoms with E-state index in [0.717, 1.165) is 5.39 Å². The van der Waals surface area contributed by atoms with Gasteiger partial charge in [0.25, 0.3) is 11.5 Å². The van der Waals surface area contributed by atoms with Gasteiger partial charge < -0.3 is 19.7 Å². The standard InChI is InChI=1S/C22H23FN2O4/c1-2-29-19-8-9-20-16(13-19)12-17(21(27)24-20)14-25(10-3-11-26)22(28)15-4-6-18(23)7-5-15/h4-9,12-13,26H,2-3,10-11,14H2,1H3,(H,24,27). The summed E-state index contributed by atoms with van der Waals surface area (Å²) in [6.45, 7) is 2.67. The quantitative estimate of drug-likeness (QED) is 0.611. The van der Waals surface area contributed by atoms with Gasteiger partial charge in [-0.3, -0.25) is 9.59 Å². The second-order valence-electron chi connectivity index (χ2n) is 6.62. The zero-order chi connectivity index (χ0) is 20.8. The van der Waals surface area contributed by atoms with Gasteiger partial charge in [0.1, 0.15) is 11.6 Å². The maximum Gasteiger partial charge on any atom is 0.254 e. The monoisotopic (exact) mass is 398 g/mol. The van der Waals surface area contributed by atoms with Crippen molar-refractivity contribution in [3.05, 3.63) is 75.8 Å². The van der Waals surface area contributed by atoms with Crippen molar-refractivity contribution in [1.82, 2.24) is 9.88 Å². The van der Waals surface area contributed by atoms with Crippen LogP contribution in [0.4, 0.5) is 4.39 Å². The molecule has 6 nitrogen and oxygen atoms in total. The zero-order valence-electron chi connectivity index (χ0n) is 16.2. The number of carbonyl (C=O) groups excluding carboxylic acids is 1. The van der Waals surface area contributed by atoms with Crippen LogP contribution in [-0.2, 0) is 6.54 Å². The second-order valence-corrected chi connectivity index (χ2v) is 6.62. The number of amides is 1. The average Bonchev–Trinajstić information content (AvgIpc) is 2.72. The molecule has 2 N–H and O–H groups in total. The van der Waals surface area contributed by atoms with Crippen molar-refractivity contribution >= 4 is 16.8 Å². The molecule has 0 saturated carbocycles. The second kappa shape index (κ2) is 9.34. The van der Waals surface area contributed by atoms with Crippen molar-refractivity contribution in [1.29, 1.82) is 0 Å². The number of rotatable bonds is 8. The highest BCUT2D eigenvalue weighted by Crippen LogP contribution is 2.20. The number of aliphatic hydroxyl groups excluding tert-OH is 1. The molecule has 3 rings (SSSR count). The number of carbonyl (C=O) groups is 1. The molecule has 7 heteroatoms. The largest absolute Gasteiger partial charge is 0.494 e. The number of halogens is 1. The van der Waals surface area contributed by atoms with Gasteiger partial charge in [-0.25, -0.2) is 4.39 Å². The molecule has 0 aliphatic carbocycles. The molecule has 1 heterocycles. The topological polar surface area (TPSA) is 82.6 Å². The predicted molar refractivity (Wildman–Crippen MR) is 109 cm³/mol. The summed E-state index contributed by atoms with van der Waals surface area (Å²) in [7, 11) is 0. The van der Waals surface area contributed by atoms with Gasteiger partial charge in [-0.1, -0.05) is 0 Å². The highest BCUT2D eigenvalue weighted by molar-refractivity contribution is 5.94. The Morgan fingerprint density at radius 3 is 2.62 bits per heavy atom. The number of aromatic nitrogens is 1. The van der Waals surface area contributed by atoms with Gasteiger partial charge in [0.2, 0.25) is 0 Å². The molecule has 0 fully saturated rings. The number of ether oxygens (including phenoxy) is 1. The average molecular weight is 398 g/mol. The lowest BCUT2D eigenvalue weighted by atomic mass is 10.1. The molecule has 29 heavy (non-hydrogen) atoms. The molecule has 0 unspecified atom stereocenters. The molecule has 1 aromatic heterocycles. The summed E-state index contributed by atoms with van der Waals surface area (Å²) < 4.78 is 18.7. The first-order valence-corrected chi connectivity index (χ1v) is 9.46. The summed E-state index contributed by atoms with van der Waals surface area (Å²) in [6, 6.07) is 12.4. The van der Waals surface area contributed by atoms with E-state index in [1.165, 1.54) is 29.2 Å². The molecule has 0 atom stereocenters. The van der Waals surface area contributed by atoms with Crippen LogP contribution < -0.4 is 10.3 Å². The molecule has 2 aromatic carbocycles. The number of H-pyrrole nitrogens is 1. The Labute approximate surface area is 167 Å². The molecule has 0 saturated heterocycles. The molecule has 0 aliphatic heterocycles. The first-order valence-electron chi connectivity index (χ1n) is 9.46. The van der Waals surface area contributed by atoms with Gasteiger partial charge in [0.05, 0.1) is 13.2 Å². The summed E-state index contributed by atoms with van der Waals surface area (Å²) in [6.07, 6.45) is 0.368. The van der Waals surface area contributed by atoms with Crippen LogP contribution in [-0.4, -0.2) is 40.7 Å². The lowest BCUT2D eigenvalue weighted by molar-refractivity contribution is 0.0731. The minimum absolute atomic E-state index is 0.0698. The number of hydrogen-bond donors (Lipinski definition) is 2. The van der Waals surface area contributed by atoms with E-state index >= 15 is 0 Å². The van der Waals surface area contributed by atoms with E-state index in [0.29, 0.717) is 35.4 Å². The summed E-state index contributed by atoms with van der Waals surface area (Å²) in [4.78, 5) is 29.7. The Balaban J connectivity index is 1.92. The third-order valence-electron chi connectivity index (χ3n) is 4.53. The van der Waals surface area contributed by atoms with Crippen LogP contribution in [0.3, 0.4) is 0 Å². The summed E-state index contributed by atoms with van der Waals surface area (Å²) in [5.74, 6) is -0.0712. The van der Waals surface area contributed by atoms with Crippen molar-refractivity contribution in [2.24, 2.45) is 0 Å². The first kappa shape index (κ1) is 20.5. The van der Waals surface area contributed by atoms with Crippen molar-refractivity contribution in [3.8, 4) is 5.75 Å². The van der Waals surface area contributed by atoms with Crippen LogP contribution in [0.2, 0.25) is 0 Å². The highest BCUT2D eigenvalue weighted by atomic mass is 19.1. The first-order chi connectivity index (χ1) is 14.0. The predicted octanol–water partition coefficient (Wildman–Crippen LogP) is 3.09. The highest BCUT2D eigenvalue weighted by Gasteiger charge is 2.18. The van der Waals surface area contributed by atoms with Gasteiger partial charge in [0.15, 0.2) is 0 Å². The molecular formula is C22H23FN2O4.